The average molecular weight is 436 g/mol. The van der Waals surface area contributed by atoms with Crippen molar-refractivity contribution in [2.45, 2.75) is 13.0 Å². The van der Waals surface area contributed by atoms with E-state index < -0.39 is 0 Å². The first-order valence-electron chi connectivity index (χ1n) is 9.56. The van der Waals surface area contributed by atoms with Crippen LogP contribution in [0, 0.1) is 0 Å². The average Bonchev–Trinajstić information content (AvgIpc) is 3.48. The number of hydrogen-bond acceptors (Lipinski definition) is 7. The second-order valence-corrected chi connectivity index (χ2v) is 7.47. The van der Waals surface area contributed by atoms with Crippen LogP contribution in [0.5, 0.6) is 5.75 Å². The fraction of sp³-hybridized carbons (Fsp3) is 0.190. The first-order chi connectivity index (χ1) is 15.1. The van der Waals surface area contributed by atoms with Gasteiger partial charge in [0.2, 0.25) is 5.91 Å². The fourth-order valence-corrected chi connectivity index (χ4v) is 3.75. The Morgan fingerprint density at radius 2 is 2.03 bits per heavy atom. The van der Waals surface area contributed by atoms with Crippen LogP contribution in [0.4, 0.5) is 0 Å². The second kappa shape index (κ2) is 9.35. The van der Waals surface area contributed by atoms with Crippen LogP contribution >= 0.6 is 11.3 Å². The number of ether oxygens (including phenoxy) is 1. The van der Waals surface area contributed by atoms with E-state index in [2.05, 4.69) is 20.5 Å². The van der Waals surface area contributed by atoms with Crippen molar-refractivity contribution >= 4 is 17.2 Å². The highest BCUT2D eigenvalue weighted by molar-refractivity contribution is 7.13. The van der Waals surface area contributed by atoms with Crippen LogP contribution in [0.15, 0.2) is 65.0 Å². The van der Waals surface area contributed by atoms with Crippen LogP contribution in [0.3, 0.4) is 0 Å². The minimum absolute atomic E-state index is 0.165. The van der Waals surface area contributed by atoms with Crippen LogP contribution in [-0.4, -0.2) is 44.1 Å². The second-order valence-electron chi connectivity index (χ2n) is 6.61. The van der Waals surface area contributed by atoms with Crippen LogP contribution in [0.1, 0.15) is 5.69 Å². The molecule has 3 heterocycles. The van der Waals surface area contributed by atoms with E-state index in [0.717, 1.165) is 26.7 Å². The quantitative estimate of drug-likeness (QED) is 0.453. The number of methoxy groups -OCH3 is 1. The maximum absolute atomic E-state index is 12.3. The Balaban J connectivity index is 1.31. The van der Waals surface area contributed by atoms with E-state index in [-0.39, 0.29) is 18.0 Å². The molecule has 0 radical (unpaired) electrons. The lowest BCUT2D eigenvalue weighted by Crippen LogP contribution is -2.34. The molecule has 10 heteroatoms. The van der Waals surface area contributed by atoms with Crippen molar-refractivity contribution in [2.75, 3.05) is 13.7 Å². The number of carbonyl (C=O) groups excluding carboxylic acids is 1. The Labute approximate surface area is 181 Å². The monoisotopic (exact) mass is 436 g/mol. The van der Waals surface area contributed by atoms with Gasteiger partial charge in [0, 0.05) is 42.4 Å². The zero-order chi connectivity index (χ0) is 21.6. The lowest BCUT2D eigenvalue weighted by Gasteiger charge is -2.07. The first kappa shape index (κ1) is 20.5. The highest BCUT2D eigenvalue weighted by Crippen LogP contribution is 2.25. The summed E-state index contributed by atoms with van der Waals surface area (Å²) in [5, 5.41) is 14.0. The summed E-state index contributed by atoms with van der Waals surface area (Å²) in [6.45, 7) is 0.250. The molecule has 1 N–H and O–H groups in total. The highest BCUT2D eigenvalue weighted by atomic mass is 32.1. The van der Waals surface area contributed by atoms with Crippen molar-refractivity contribution in [3.63, 3.8) is 0 Å². The third-order valence-electron chi connectivity index (χ3n) is 4.48. The molecule has 0 spiro atoms. The molecule has 158 valence electrons. The molecule has 0 aliphatic heterocycles. The number of nitrogens with zero attached hydrogens (tertiary/aromatic N) is 5. The Hall–Kier alpha value is -3.79. The van der Waals surface area contributed by atoms with Gasteiger partial charge in [0.05, 0.1) is 12.8 Å². The van der Waals surface area contributed by atoms with Gasteiger partial charge in [-0.1, -0.05) is 0 Å². The Morgan fingerprint density at radius 1 is 1.19 bits per heavy atom. The van der Waals surface area contributed by atoms with Crippen LogP contribution in [0.2, 0.25) is 0 Å². The minimum atomic E-state index is -0.352. The van der Waals surface area contributed by atoms with Gasteiger partial charge in [-0.15, -0.1) is 16.4 Å². The number of carbonyl (C=O) groups is 1. The molecule has 0 saturated heterocycles. The number of thiazole rings is 1. The molecule has 4 rings (SSSR count). The molecule has 31 heavy (non-hydrogen) atoms. The summed E-state index contributed by atoms with van der Waals surface area (Å²) in [6, 6.07) is 12.4. The zero-order valence-electron chi connectivity index (χ0n) is 16.8. The standard InChI is InChI=1S/C21H20N6O3S/c1-30-17-5-3-15(4-6-17)21-24-16(14-31-21)9-11-22-19(28)13-27-20(29)8-7-18(25-27)26-12-2-10-23-26/h2-8,10,12,14H,9,11,13H2,1H3,(H,22,28). The van der Waals surface area contributed by atoms with Gasteiger partial charge in [-0.2, -0.15) is 5.10 Å². The van der Waals surface area contributed by atoms with Gasteiger partial charge in [-0.25, -0.2) is 14.3 Å². The van der Waals surface area contributed by atoms with E-state index in [1.54, 1.807) is 43.0 Å². The number of amides is 1. The van der Waals surface area contributed by atoms with Gasteiger partial charge in [-0.05, 0) is 36.4 Å². The lowest BCUT2D eigenvalue weighted by atomic mass is 10.2. The van der Waals surface area contributed by atoms with Crippen molar-refractivity contribution in [3.05, 3.63) is 76.3 Å². The maximum Gasteiger partial charge on any atom is 0.267 e. The third kappa shape index (κ3) is 5.04. The third-order valence-corrected chi connectivity index (χ3v) is 5.42. The molecule has 0 bridgehead atoms. The first-order valence-corrected chi connectivity index (χ1v) is 10.4. The van der Waals surface area contributed by atoms with Crippen molar-refractivity contribution in [1.29, 1.82) is 0 Å². The van der Waals surface area contributed by atoms with Gasteiger partial charge in [-0.3, -0.25) is 9.59 Å². The molecule has 0 aliphatic rings. The van der Waals surface area contributed by atoms with Gasteiger partial charge in [0.15, 0.2) is 5.82 Å². The number of hydrogen-bond donors (Lipinski definition) is 1. The molecule has 0 unspecified atom stereocenters. The van der Waals surface area contributed by atoms with E-state index in [0.29, 0.717) is 18.8 Å². The van der Waals surface area contributed by atoms with E-state index in [4.69, 9.17) is 4.74 Å². The number of rotatable bonds is 8. The maximum atomic E-state index is 12.3. The number of aromatic nitrogens is 5. The normalized spacial score (nSPS) is 10.7. The van der Waals surface area contributed by atoms with E-state index in [9.17, 15) is 9.59 Å². The van der Waals surface area contributed by atoms with Crippen molar-refractivity contribution in [3.8, 4) is 22.1 Å². The predicted octanol–water partition coefficient (Wildman–Crippen LogP) is 1.92. The molecule has 1 aromatic carbocycles. The molecule has 0 atom stereocenters. The molecule has 0 aliphatic carbocycles. The van der Waals surface area contributed by atoms with E-state index in [1.807, 2.05) is 29.6 Å². The minimum Gasteiger partial charge on any atom is -0.497 e. The Kier molecular flexibility index (Phi) is 6.18. The zero-order valence-corrected chi connectivity index (χ0v) is 17.6. The molecular weight excluding hydrogens is 416 g/mol. The van der Waals surface area contributed by atoms with E-state index >= 15 is 0 Å². The van der Waals surface area contributed by atoms with Crippen molar-refractivity contribution < 1.29 is 9.53 Å². The summed E-state index contributed by atoms with van der Waals surface area (Å²) in [5.74, 6) is 0.968. The smallest absolute Gasteiger partial charge is 0.267 e. The van der Waals surface area contributed by atoms with E-state index in [1.165, 1.54) is 10.7 Å². The molecule has 1 amide bonds. The summed E-state index contributed by atoms with van der Waals surface area (Å²) in [7, 11) is 1.63. The van der Waals surface area contributed by atoms with Crippen LogP contribution < -0.4 is 15.6 Å². The summed E-state index contributed by atoms with van der Waals surface area (Å²) in [6.07, 6.45) is 3.92. The number of nitrogens with one attached hydrogen (secondary N) is 1. The van der Waals surface area contributed by atoms with Crippen LogP contribution in [0.25, 0.3) is 16.4 Å². The molecule has 4 aromatic rings. The van der Waals surface area contributed by atoms with Gasteiger partial charge in [0.1, 0.15) is 17.3 Å². The summed E-state index contributed by atoms with van der Waals surface area (Å²) >= 11 is 1.55. The van der Waals surface area contributed by atoms with Crippen molar-refractivity contribution in [1.82, 2.24) is 29.9 Å². The Bertz CT molecular complexity index is 1210. The highest BCUT2D eigenvalue weighted by Gasteiger charge is 2.09. The summed E-state index contributed by atoms with van der Waals surface area (Å²) < 4.78 is 7.82. The van der Waals surface area contributed by atoms with Gasteiger partial charge < -0.3 is 10.1 Å². The van der Waals surface area contributed by atoms with Gasteiger partial charge >= 0.3 is 0 Å². The van der Waals surface area contributed by atoms with Crippen molar-refractivity contribution in [2.24, 2.45) is 0 Å². The van der Waals surface area contributed by atoms with Gasteiger partial charge in [0.25, 0.3) is 5.56 Å². The number of benzene rings is 1. The molecule has 0 saturated carbocycles. The topological polar surface area (TPSA) is 104 Å². The SMILES string of the molecule is COc1ccc(-c2nc(CCNC(=O)Cn3nc(-n4cccn4)ccc3=O)cs2)cc1. The lowest BCUT2D eigenvalue weighted by molar-refractivity contribution is -0.121. The largest absolute Gasteiger partial charge is 0.497 e. The molecular formula is C21H20N6O3S. The fourth-order valence-electron chi connectivity index (χ4n) is 2.89. The molecule has 3 aromatic heterocycles. The van der Waals surface area contributed by atoms with Crippen LogP contribution in [-0.2, 0) is 17.8 Å². The Morgan fingerprint density at radius 3 is 2.77 bits per heavy atom. The molecule has 9 nitrogen and oxygen atoms in total. The molecule has 0 fully saturated rings. The predicted molar refractivity (Wildman–Crippen MR) is 116 cm³/mol. The summed E-state index contributed by atoms with van der Waals surface area (Å²) in [5.41, 5.74) is 1.56. The summed E-state index contributed by atoms with van der Waals surface area (Å²) in [4.78, 5) is 28.9.